The van der Waals surface area contributed by atoms with E-state index in [0.29, 0.717) is 24.6 Å². The summed E-state index contributed by atoms with van der Waals surface area (Å²) in [5.74, 6) is 0.664. The number of nitrogens with one attached hydrogen (secondary N) is 2. The van der Waals surface area contributed by atoms with Crippen LogP contribution in [0.2, 0.25) is 0 Å². The van der Waals surface area contributed by atoms with Crippen LogP contribution in [-0.2, 0) is 13.1 Å². The molecular weight excluding hydrogens is 394 g/mol. The number of amides is 2. The SMILES string of the molecule is CCOc1ccccc1NC(=O)NCc1c(-c2cccs2)n(CC)c2ccccc12. The Hall–Kier alpha value is -3.25. The smallest absolute Gasteiger partial charge is 0.319 e. The van der Waals surface area contributed by atoms with Gasteiger partial charge in [0.1, 0.15) is 5.75 Å². The van der Waals surface area contributed by atoms with Crippen molar-refractivity contribution in [1.82, 2.24) is 9.88 Å². The van der Waals surface area contributed by atoms with Crippen LogP contribution in [0.15, 0.2) is 66.0 Å². The number of nitrogens with zero attached hydrogens (tertiary/aromatic N) is 1. The highest BCUT2D eigenvalue weighted by Crippen LogP contribution is 2.36. The summed E-state index contributed by atoms with van der Waals surface area (Å²) in [6.07, 6.45) is 0. The molecule has 0 fully saturated rings. The van der Waals surface area contributed by atoms with E-state index >= 15 is 0 Å². The van der Waals surface area contributed by atoms with Gasteiger partial charge in [-0.3, -0.25) is 0 Å². The van der Waals surface area contributed by atoms with Gasteiger partial charge in [-0.05, 0) is 43.5 Å². The summed E-state index contributed by atoms with van der Waals surface area (Å²) >= 11 is 1.71. The van der Waals surface area contributed by atoms with Gasteiger partial charge in [0.2, 0.25) is 0 Å². The molecule has 0 spiro atoms. The Morgan fingerprint density at radius 1 is 1.03 bits per heavy atom. The van der Waals surface area contributed by atoms with Crippen LogP contribution in [0.5, 0.6) is 5.75 Å². The lowest BCUT2D eigenvalue weighted by Gasteiger charge is -2.13. The van der Waals surface area contributed by atoms with Crippen molar-refractivity contribution in [3.8, 4) is 16.3 Å². The molecule has 154 valence electrons. The molecule has 4 aromatic rings. The second kappa shape index (κ2) is 9.05. The molecule has 0 aliphatic heterocycles. The summed E-state index contributed by atoms with van der Waals surface area (Å²) in [6.45, 7) is 5.91. The number of aryl methyl sites for hydroxylation is 1. The normalized spacial score (nSPS) is 10.9. The van der Waals surface area contributed by atoms with Gasteiger partial charge in [-0.1, -0.05) is 36.4 Å². The number of thiophene rings is 1. The molecule has 0 atom stereocenters. The van der Waals surface area contributed by atoms with E-state index in [2.05, 4.69) is 57.8 Å². The number of aromatic nitrogens is 1. The van der Waals surface area contributed by atoms with Crippen molar-refractivity contribution in [3.05, 3.63) is 71.6 Å². The molecule has 0 bridgehead atoms. The number of urea groups is 1. The average molecular weight is 420 g/mol. The van der Waals surface area contributed by atoms with E-state index in [9.17, 15) is 4.79 Å². The molecule has 0 aliphatic rings. The topological polar surface area (TPSA) is 55.3 Å². The third kappa shape index (κ3) is 3.91. The third-order valence-corrected chi connectivity index (χ3v) is 5.88. The van der Waals surface area contributed by atoms with Crippen LogP contribution in [0, 0.1) is 0 Å². The third-order valence-electron chi connectivity index (χ3n) is 5.01. The Balaban J connectivity index is 1.62. The van der Waals surface area contributed by atoms with E-state index in [1.165, 1.54) is 16.1 Å². The Morgan fingerprint density at radius 2 is 1.83 bits per heavy atom. The monoisotopic (exact) mass is 419 g/mol. The van der Waals surface area contributed by atoms with Gasteiger partial charge in [0.05, 0.1) is 22.9 Å². The van der Waals surface area contributed by atoms with E-state index < -0.39 is 0 Å². The van der Waals surface area contributed by atoms with Crippen LogP contribution < -0.4 is 15.4 Å². The first-order valence-electron chi connectivity index (χ1n) is 10.1. The van der Waals surface area contributed by atoms with Crippen molar-refractivity contribution >= 4 is 34.0 Å². The van der Waals surface area contributed by atoms with Crippen LogP contribution in [0.4, 0.5) is 10.5 Å². The van der Waals surface area contributed by atoms with Gasteiger partial charge in [-0.15, -0.1) is 11.3 Å². The number of anilines is 1. The minimum Gasteiger partial charge on any atom is -0.492 e. The van der Waals surface area contributed by atoms with Crippen LogP contribution in [0.3, 0.4) is 0 Å². The fraction of sp³-hybridized carbons (Fsp3) is 0.208. The number of hydrogen-bond acceptors (Lipinski definition) is 3. The first kappa shape index (κ1) is 20.0. The fourth-order valence-corrected chi connectivity index (χ4v) is 4.57. The summed E-state index contributed by atoms with van der Waals surface area (Å²) in [6, 6.07) is 19.8. The summed E-state index contributed by atoms with van der Waals surface area (Å²) in [4.78, 5) is 13.9. The maximum absolute atomic E-state index is 12.7. The highest BCUT2D eigenvalue weighted by Gasteiger charge is 2.19. The molecule has 6 heteroatoms. The molecule has 0 saturated heterocycles. The zero-order valence-corrected chi connectivity index (χ0v) is 18.0. The summed E-state index contributed by atoms with van der Waals surface area (Å²) in [5.41, 5.74) is 4.14. The predicted octanol–water partition coefficient (Wildman–Crippen LogP) is 6.11. The van der Waals surface area contributed by atoms with Crippen molar-refractivity contribution in [2.75, 3.05) is 11.9 Å². The minimum atomic E-state index is -0.257. The van der Waals surface area contributed by atoms with Crippen molar-refractivity contribution in [3.63, 3.8) is 0 Å². The molecular formula is C24H25N3O2S. The maximum Gasteiger partial charge on any atom is 0.319 e. The Bertz CT molecular complexity index is 1150. The lowest BCUT2D eigenvalue weighted by Crippen LogP contribution is -2.28. The summed E-state index contributed by atoms with van der Waals surface area (Å²) in [5, 5.41) is 9.19. The second-order valence-corrected chi connectivity index (χ2v) is 7.75. The molecule has 0 radical (unpaired) electrons. The molecule has 2 aromatic carbocycles. The van der Waals surface area contributed by atoms with Crippen molar-refractivity contribution in [2.45, 2.75) is 26.9 Å². The van der Waals surface area contributed by atoms with E-state index in [1.54, 1.807) is 11.3 Å². The van der Waals surface area contributed by atoms with Crippen LogP contribution in [0.1, 0.15) is 19.4 Å². The van der Waals surface area contributed by atoms with E-state index in [-0.39, 0.29) is 6.03 Å². The minimum absolute atomic E-state index is 0.257. The standard InChI is InChI=1S/C24H25N3O2S/c1-3-27-20-12-7-5-10-17(20)18(23(27)22-14-9-15-30-22)16-25-24(28)26-19-11-6-8-13-21(19)29-4-2/h5-15H,3-4,16H2,1-2H3,(H2,25,26,28). The largest absolute Gasteiger partial charge is 0.492 e. The number of hydrogen-bond donors (Lipinski definition) is 2. The highest BCUT2D eigenvalue weighted by molar-refractivity contribution is 7.13. The van der Waals surface area contributed by atoms with E-state index in [1.807, 2.05) is 37.3 Å². The zero-order valence-electron chi connectivity index (χ0n) is 17.1. The predicted molar refractivity (Wildman–Crippen MR) is 124 cm³/mol. The number of rotatable bonds is 7. The second-order valence-electron chi connectivity index (χ2n) is 6.80. The van der Waals surface area contributed by atoms with Crippen molar-refractivity contribution < 1.29 is 9.53 Å². The van der Waals surface area contributed by atoms with Gasteiger partial charge >= 0.3 is 6.03 Å². The molecule has 2 N–H and O–H groups in total. The van der Waals surface area contributed by atoms with Crippen molar-refractivity contribution in [1.29, 1.82) is 0 Å². The van der Waals surface area contributed by atoms with Gasteiger partial charge < -0.3 is 19.9 Å². The molecule has 2 amide bonds. The molecule has 0 aliphatic carbocycles. The van der Waals surface area contributed by atoms with Gasteiger partial charge in [0.25, 0.3) is 0 Å². The quantitative estimate of drug-likeness (QED) is 0.380. The number of carbonyl (C=O) groups excluding carboxylic acids is 1. The number of benzene rings is 2. The van der Waals surface area contributed by atoms with Crippen LogP contribution in [-0.4, -0.2) is 17.2 Å². The van der Waals surface area contributed by atoms with Gasteiger partial charge in [0.15, 0.2) is 0 Å². The zero-order chi connectivity index (χ0) is 20.9. The van der Waals surface area contributed by atoms with Crippen molar-refractivity contribution in [2.24, 2.45) is 0 Å². The molecule has 0 saturated carbocycles. The molecule has 4 rings (SSSR count). The molecule has 30 heavy (non-hydrogen) atoms. The number of fused-ring (bicyclic) bond motifs is 1. The van der Waals surface area contributed by atoms with Gasteiger partial charge in [-0.25, -0.2) is 4.79 Å². The number of ether oxygens (including phenoxy) is 1. The molecule has 0 unspecified atom stereocenters. The summed E-state index contributed by atoms with van der Waals surface area (Å²) < 4.78 is 7.92. The Labute approximate surface area is 180 Å². The molecule has 2 aromatic heterocycles. The lowest BCUT2D eigenvalue weighted by atomic mass is 10.1. The van der Waals surface area contributed by atoms with Crippen LogP contribution >= 0.6 is 11.3 Å². The van der Waals surface area contributed by atoms with E-state index in [4.69, 9.17) is 4.74 Å². The van der Waals surface area contributed by atoms with Gasteiger partial charge in [-0.2, -0.15) is 0 Å². The maximum atomic E-state index is 12.7. The number of para-hydroxylation sites is 3. The first-order valence-corrected chi connectivity index (χ1v) is 11.0. The van der Waals surface area contributed by atoms with Gasteiger partial charge in [0, 0.05) is 29.6 Å². The Kier molecular flexibility index (Phi) is 6.05. The Morgan fingerprint density at radius 3 is 2.60 bits per heavy atom. The first-order chi connectivity index (χ1) is 14.7. The highest BCUT2D eigenvalue weighted by atomic mass is 32.1. The average Bonchev–Trinajstić information content (AvgIpc) is 3.39. The molecule has 5 nitrogen and oxygen atoms in total. The van der Waals surface area contributed by atoms with Crippen LogP contribution in [0.25, 0.3) is 21.5 Å². The molecule has 2 heterocycles. The number of carbonyl (C=O) groups is 1. The summed E-state index contributed by atoms with van der Waals surface area (Å²) in [7, 11) is 0. The lowest BCUT2D eigenvalue weighted by molar-refractivity contribution is 0.251. The van der Waals surface area contributed by atoms with E-state index in [0.717, 1.165) is 17.5 Å². The fourth-order valence-electron chi connectivity index (χ4n) is 3.76.